The number of nitriles is 1. The van der Waals surface area contributed by atoms with Gasteiger partial charge in [-0.1, -0.05) is 48.6 Å². The van der Waals surface area contributed by atoms with Gasteiger partial charge in [0.25, 0.3) is 5.91 Å². The third kappa shape index (κ3) is 8.40. The number of hydrogen-bond acceptors (Lipinski definition) is 5. The molecule has 0 aliphatic heterocycles. The number of anilines is 1. The van der Waals surface area contributed by atoms with E-state index < -0.39 is 23.5 Å². The van der Waals surface area contributed by atoms with Crippen molar-refractivity contribution in [3.8, 4) is 6.07 Å². The summed E-state index contributed by atoms with van der Waals surface area (Å²) in [6.07, 6.45) is 2.00. The number of aliphatic imine (C=N–C) groups is 1. The van der Waals surface area contributed by atoms with Crippen LogP contribution in [0, 0.1) is 17.2 Å². The van der Waals surface area contributed by atoms with E-state index in [2.05, 4.69) is 21.7 Å². The van der Waals surface area contributed by atoms with Gasteiger partial charge >= 0.3 is 6.18 Å². The van der Waals surface area contributed by atoms with Gasteiger partial charge in [-0.2, -0.15) is 18.4 Å². The van der Waals surface area contributed by atoms with Gasteiger partial charge in [0, 0.05) is 5.69 Å². The lowest BCUT2D eigenvalue weighted by molar-refractivity contribution is -0.110. The zero-order valence-corrected chi connectivity index (χ0v) is 22.5. The van der Waals surface area contributed by atoms with Crippen molar-refractivity contribution in [2.24, 2.45) is 16.6 Å². The van der Waals surface area contributed by atoms with Crippen LogP contribution >= 0.6 is 0 Å². The molecule has 3 aromatic rings. The van der Waals surface area contributed by atoms with Crippen molar-refractivity contribution in [2.75, 3.05) is 11.9 Å². The highest BCUT2D eigenvalue weighted by Gasteiger charge is 2.32. The van der Waals surface area contributed by atoms with E-state index in [9.17, 15) is 18.0 Å². The smallest absolute Gasteiger partial charge is 0.395 e. The van der Waals surface area contributed by atoms with Crippen molar-refractivity contribution in [3.05, 3.63) is 113 Å². The topological polar surface area (TPSA) is 103 Å². The monoisotopic (exact) mass is 557 g/mol. The van der Waals surface area contributed by atoms with Crippen molar-refractivity contribution in [3.63, 3.8) is 0 Å². The van der Waals surface area contributed by atoms with E-state index in [1.54, 1.807) is 18.2 Å². The van der Waals surface area contributed by atoms with Crippen LogP contribution in [0.25, 0.3) is 6.08 Å². The molecule has 210 valence electrons. The Bertz CT molecular complexity index is 1530. The number of nitrogens with one attached hydrogen (secondary N) is 2. The van der Waals surface area contributed by atoms with Gasteiger partial charge in [0.1, 0.15) is 11.4 Å². The number of amides is 1. The number of nitrogens with two attached hydrogens (primary N) is 1. The van der Waals surface area contributed by atoms with E-state index in [-0.39, 0.29) is 17.3 Å². The molecule has 0 aromatic heterocycles. The number of halogens is 3. The number of alkyl halides is 3. The fourth-order valence-electron chi connectivity index (χ4n) is 4.22. The van der Waals surface area contributed by atoms with Crippen LogP contribution in [0.5, 0.6) is 0 Å². The molecule has 4 N–H and O–H groups in total. The Morgan fingerprint density at radius 1 is 1.10 bits per heavy atom. The molecule has 4 rings (SSSR count). The minimum absolute atomic E-state index is 0.138. The van der Waals surface area contributed by atoms with E-state index >= 15 is 0 Å². The molecule has 0 radical (unpaired) electrons. The molecule has 1 amide bonds. The summed E-state index contributed by atoms with van der Waals surface area (Å²) in [5.74, 6) is -0.252. The molecule has 0 saturated heterocycles. The molecule has 41 heavy (non-hydrogen) atoms. The van der Waals surface area contributed by atoms with Gasteiger partial charge in [-0.3, -0.25) is 4.79 Å². The summed E-state index contributed by atoms with van der Waals surface area (Å²) in [4.78, 5) is 17.3. The summed E-state index contributed by atoms with van der Waals surface area (Å²) < 4.78 is 39.7. The highest BCUT2D eigenvalue weighted by Crippen LogP contribution is 2.31. The first kappa shape index (κ1) is 29.3. The molecular weight excluding hydrogens is 527 g/mol. The van der Waals surface area contributed by atoms with E-state index in [1.807, 2.05) is 49.4 Å². The highest BCUT2D eigenvalue weighted by atomic mass is 19.4. The first-order valence-electron chi connectivity index (χ1n) is 13.2. The van der Waals surface area contributed by atoms with E-state index in [1.165, 1.54) is 37.1 Å². The zero-order valence-electron chi connectivity index (χ0n) is 22.5. The Kier molecular flexibility index (Phi) is 9.37. The molecule has 1 fully saturated rings. The SMILES string of the molecule is C/C=C/c1cccc(C(NCC2CC2)c2cccc(NC(=O)C(C=C(N)C(F)(F)F)=Nc3cccc(C#N)c3)c2)c1. The van der Waals surface area contributed by atoms with Gasteiger partial charge in [-0.25, -0.2) is 4.99 Å². The molecule has 6 nitrogen and oxygen atoms in total. The number of allylic oxidation sites excluding steroid dienone is 2. The summed E-state index contributed by atoms with van der Waals surface area (Å²) in [6, 6.07) is 22.9. The molecule has 0 heterocycles. The second kappa shape index (κ2) is 13.1. The number of carbonyl (C=O) groups is 1. The minimum atomic E-state index is -4.85. The number of benzene rings is 3. The van der Waals surface area contributed by atoms with Crippen molar-refractivity contribution >= 4 is 29.1 Å². The Hall–Kier alpha value is -4.68. The second-order valence-corrected chi connectivity index (χ2v) is 9.79. The van der Waals surface area contributed by atoms with Crippen LogP contribution in [-0.2, 0) is 4.79 Å². The molecule has 1 saturated carbocycles. The maximum atomic E-state index is 13.2. The fourth-order valence-corrected chi connectivity index (χ4v) is 4.22. The Morgan fingerprint density at radius 2 is 1.80 bits per heavy atom. The lowest BCUT2D eigenvalue weighted by Gasteiger charge is -2.21. The Labute approximate surface area is 237 Å². The molecule has 1 aliphatic rings. The molecule has 0 bridgehead atoms. The molecule has 1 unspecified atom stereocenters. The van der Waals surface area contributed by atoms with Crippen LogP contribution in [0.15, 0.2) is 95.6 Å². The third-order valence-electron chi connectivity index (χ3n) is 6.47. The normalized spacial score (nSPS) is 15.0. The summed E-state index contributed by atoms with van der Waals surface area (Å²) in [6.45, 7) is 2.80. The first-order valence-corrected chi connectivity index (χ1v) is 13.2. The second-order valence-electron chi connectivity index (χ2n) is 9.79. The first-order chi connectivity index (χ1) is 19.7. The maximum absolute atomic E-state index is 13.2. The van der Waals surface area contributed by atoms with Crippen LogP contribution in [-0.4, -0.2) is 24.3 Å². The molecule has 1 atom stereocenters. The van der Waals surface area contributed by atoms with Gasteiger partial charge in [-0.05, 0) is 91.4 Å². The molecule has 3 aromatic carbocycles. The van der Waals surface area contributed by atoms with Crippen molar-refractivity contribution in [1.29, 1.82) is 5.26 Å². The summed E-state index contributed by atoms with van der Waals surface area (Å²) in [5, 5.41) is 15.4. The molecule has 0 spiro atoms. The molecule has 1 aliphatic carbocycles. The van der Waals surface area contributed by atoms with Crippen molar-refractivity contribution < 1.29 is 18.0 Å². The Morgan fingerprint density at radius 3 is 2.49 bits per heavy atom. The van der Waals surface area contributed by atoms with Crippen LogP contribution in [0.2, 0.25) is 0 Å². The van der Waals surface area contributed by atoms with E-state index in [0.29, 0.717) is 17.7 Å². The predicted octanol–water partition coefficient (Wildman–Crippen LogP) is 6.80. The van der Waals surface area contributed by atoms with E-state index in [4.69, 9.17) is 11.0 Å². The largest absolute Gasteiger partial charge is 0.430 e. The number of carbonyl (C=O) groups excluding carboxylic acids is 1. The third-order valence-corrected chi connectivity index (χ3v) is 6.47. The zero-order chi connectivity index (χ0) is 29.4. The van der Waals surface area contributed by atoms with Gasteiger partial charge in [0.2, 0.25) is 0 Å². The molecule has 9 heteroatoms. The summed E-state index contributed by atoms with van der Waals surface area (Å²) in [7, 11) is 0. The van der Waals surface area contributed by atoms with Gasteiger partial charge in [-0.15, -0.1) is 0 Å². The molecular formula is C32H30F3N5O. The summed E-state index contributed by atoms with van der Waals surface area (Å²) >= 11 is 0. The maximum Gasteiger partial charge on any atom is 0.430 e. The van der Waals surface area contributed by atoms with Gasteiger partial charge < -0.3 is 16.4 Å². The quantitative estimate of drug-likeness (QED) is 0.239. The van der Waals surface area contributed by atoms with Crippen molar-refractivity contribution in [2.45, 2.75) is 32.0 Å². The fraction of sp³-hybridized carbons (Fsp3) is 0.219. The number of nitrogens with zero attached hydrogens (tertiary/aromatic N) is 2. The van der Waals surface area contributed by atoms with Crippen LogP contribution in [0.4, 0.5) is 24.5 Å². The average Bonchev–Trinajstić information content (AvgIpc) is 3.78. The van der Waals surface area contributed by atoms with Crippen LogP contribution in [0.3, 0.4) is 0 Å². The Balaban J connectivity index is 1.65. The lowest BCUT2D eigenvalue weighted by atomic mass is 9.96. The number of rotatable bonds is 10. The van der Waals surface area contributed by atoms with E-state index in [0.717, 1.165) is 23.2 Å². The predicted molar refractivity (Wildman–Crippen MR) is 155 cm³/mol. The standard InChI is InChI=1S/C32H30F3N5O/c1-2-6-21-7-3-9-24(15-21)30(38-20-22-13-14-22)25-10-5-12-27(17-25)40-31(41)28(18-29(37)32(33,34)35)39-26-11-4-8-23(16-26)19-36/h2-12,15-18,22,30,38H,13-14,20,37H2,1H3,(H,40,41)/b6-2+,29-18?,39-28?. The van der Waals surface area contributed by atoms with Gasteiger partial charge in [0.05, 0.1) is 23.4 Å². The minimum Gasteiger partial charge on any atom is -0.395 e. The summed E-state index contributed by atoms with van der Waals surface area (Å²) in [5.41, 5.74) is 6.96. The number of hydrogen-bond donors (Lipinski definition) is 3. The van der Waals surface area contributed by atoms with Crippen LogP contribution in [0.1, 0.15) is 48.1 Å². The van der Waals surface area contributed by atoms with Crippen LogP contribution < -0.4 is 16.4 Å². The lowest BCUT2D eigenvalue weighted by Crippen LogP contribution is -2.27. The highest BCUT2D eigenvalue weighted by molar-refractivity contribution is 6.47. The average molecular weight is 558 g/mol. The van der Waals surface area contributed by atoms with Crippen molar-refractivity contribution in [1.82, 2.24) is 5.32 Å². The van der Waals surface area contributed by atoms with Gasteiger partial charge in [0.15, 0.2) is 0 Å².